The number of nitrogens with zero attached hydrogens (tertiary/aromatic N) is 2. The molecule has 0 spiro atoms. The summed E-state index contributed by atoms with van der Waals surface area (Å²) in [7, 11) is 0. The quantitative estimate of drug-likeness (QED) is 0.945. The van der Waals surface area contributed by atoms with Crippen LogP contribution in [0, 0.1) is 11.7 Å². The smallest absolute Gasteiger partial charge is 0.224 e. The van der Waals surface area contributed by atoms with Crippen molar-refractivity contribution < 1.29 is 9.18 Å². The maximum atomic E-state index is 13.8. The van der Waals surface area contributed by atoms with Crippen molar-refractivity contribution in [2.45, 2.75) is 37.8 Å². The zero-order valence-corrected chi connectivity index (χ0v) is 12.2. The highest BCUT2D eigenvalue weighted by molar-refractivity contribution is 5.83. The van der Waals surface area contributed by atoms with Crippen molar-refractivity contribution in [3.63, 3.8) is 0 Å². The number of rotatable bonds is 3. The van der Waals surface area contributed by atoms with Crippen molar-refractivity contribution in [1.29, 1.82) is 0 Å². The number of carbonyl (C=O) groups excluding carboxylic acids is 1. The Kier molecular flexibility index (Phi) is 3.21. The first kappa shape index (κ1) is 13.5. The van der Waals surface area contributed by atoms with E-state index < -0.39 is 0 Å². The molecule has 1 N–H and O–H groups in total. The van der Waals surface area contributed by atoms with E-state index in [1.54, 1.807) is 18.3 Å². The van der Waals surface area contributed by atoms with Crippen molar-refractivity contribution >= 4 is 5.91 Å². The molecule has 0 saturated heterocycles. The molecule has 1 amide bonds. The number of benzene rings is 1. The molecule has 1 aliphatic carbocycles. The fraction of sp³-hybridized carbons (Fsp3) is 0.412. The summed E-state index contributed by atoms with van der Waals surface area (Å²) in [6, 6.07) is 6.90. The highest BCUT2D eigenvalue weighted by Gasteiger charge is 2.45. The number of hydrogen-bond donors (Lipinski definition) is 1. The van der Waals surface area contributed by atoms with Crippen LogP contribution in [0.5, 0.6) is 0 Å². The molecule has 4 rings (SSSR count). The van der Waals surface area contributed by atoms with Gasteiger partial charge in [-0.05, 0) is 30.4 Å². The molecule has 22 heavy (non-hydrogen) atoms. The topological polar surface area (TPSA) is 46.9 Å². The van der Waals surface area contributed by atoms with E-state index in [0.717, 1.165) is 31.6 Å². The number of amides is 1. The van der Waals surface area contributed by atoms with E-state index in [0.29, 0.717) is 5.56 Å². The molecule has 0 unspecified atom stereocenters. The van der Waals surface area contributed by atoms with Gasteiger partial charge in [0.2, 0.25) is 5.91 Å². The first-order chi connectivity index (χ1) is 10.7. The fourth-order valence-corrected chi connectivity index (χ4v) is 3.40. The van der Waals surface area contributed by atoms with E-state index in [9.17, 15) is 9.18 Å². The number of imidazole rings is 1. The van der Waals surface area contributed by atoms with Gasteiger partial charge in [0.1, 0.15) is 11.6 Å². The number of hydrogen-bond acceptors (Lipinski definition) is 2. The molecule has 0 bridgehead atoms. The zero-order valence-electron chi connectivity index (χ0n) is 12.2. The van der Waals surface area contributed by atoms with Crippen molar-refractivity contribution in [3.05, 3.63) is 53.9 Å². The molecule has 4 nitrogen and oxygen atoms in total. The summed E-state index contributed by atoms with van der Waals surface area (Å²) in [4.78, 5) is 16.6. The predicted octanol–water partition coefficient (Wildman–Crippen LogP) is 2.26. The van der Waals surface area contributed by atoms with Gasteiger partial charge in [-0.1, -0.05) is 18.2 Å². The molecule has 114 valence electrons. The van der Waals surface area contributed by atoms with Crippen molar-refractivity contribution in [2.24, 2.45) is 5.92 Å². The van der Waals surface area contributed by atoms with Crippen molar-refractivity contribution in [1.82, 2.24) is 14.9 Å². The Morgan fingerprint density at radius 1 is 1.36 bits per heavy atom. The molecule has 1 aromatic carbocycles. The van der Waals surface area contributed by atoms with Crippen LogP contribution in [0.15, 0.2) is 36.7 Å². The van der Waals surface area contributed by atoms with Gasteiger partial charge >= 0.3 is 0 Å². The lowest BCUT2D eigenvalue weighted by Gasteiger charge is -2.24. The van der Waals surface area contributed by atoms with Crippen LogP contribution in [-0.2, 0) is 17.8 Å². The lowest BCUT2D eigenvalue weighted by molar-refractivity contribution is -0.123. The second kappa shape index (κ2) is 5.23. The third-order valence-corrected chi connectivity index (χ3v) is 4.71. The Balaban J connectivity index is 1.38. The maximum Gasteiger partial charge on any atom is 0.224 e. The third-order valence-electron chi connectivity index (χ3n) is 4.71. The molecular formula is C17H18FN3O. The Bertz CT molecular complexity index is 711. The van der Waals surface area contributed by atoms with E-state index in [1.165, 1.54) is 6.07 Å². The van der Waals surface area contributed by atoms with Gasteiger partial charge in [0.05, 0.1) is 0 Å². The summed E-state index contributed by atoms with van der Waals surface area (Å²) in [6.45, 7) is 0.776. The number of nitrogens with one attached hydrogen (secondary N) is 1. The van der Waals surface area contributed by atoms with E-state index in [1.807, 2.05) is 12.3 Å². The summed E-state index contributed by atoms with van der Waals surface area (Å²) >= 11 is 0. The average Bonchev–Trinajstić information content (AvgIpc) is 3.18. The Morgan fingerprint density at radius 2 is 2.23 bits per heavy atom. The van der Waals surface area contributed by atoms with Crippen LogP contribution in [0.25, 0.3) is 0 Å². The summed E-state index contributed by atoms with van der Waals surface area (Å²) in [5.41, 5.74) is 0.670. The van der Waals surface area contributed by atoms with Crippen molar-refractivity contribution in [2.75, 3.05) is 0 Å². The molecule has 3 atom stereocenters. The first-order valence-electron chi connectivity index (χ1n) is 7.77. The highest BCUT2D eigenvalue weighted by atomic mass is 19.1. The Morgan fingerprint density at radius 3 is 3.09 bits per heavy atom. The summed E-state index contributed by atoms with van der Waals surface area (Å²) in [5.74, 6) is 0.890. The minimum atomic E-state index is -0.205. The Hall–Kier alpha value is -2.17. The van der Waals surface area contributed by atoms with Crippen LogP contribution in [0.2, 0.25) is 0 Å². The van der Waals surface area contributed by atoms with Gasteiger partial charge in [-0.25, -0.2) is 9.37 Å². The zero-order chi connectivity index (χ0) is 15.1. The van der Waals surface area contributed by atoms with Gasteiger partial charge in [-0.15, -0.1) is 0 Å². The molecule has 2 aliphatic rings. The van der Waals surface area contributed by atoms with E-state index in [-0.39, 0.29) is 29.6 Å². The number of aryl methyl sites for hydroxylation is 1. The minimum Gasteiger partial charge on any atom is -0.351 e. The van der Waals surface area contributed by atoms with E-state index >= 15 is 0 Å². The van der Waals surface area contributed by atoms with Gasteiger partial charge in [0.25, 0.3) is 0 Å². The average molecular weight is 299 g/mol. The number of carbonyl (C=O) groups is 1. The lowest BCUT2D eigenvalue weighted by Crippen LogP contribution is -2.41. The van der Waals surface area contributed by atoms with Crippen LogP contribution in [0.4, 0.5) is 4.39 Å². The Labute approximate surface area is 128 Å². The first-order valence-corrected chi connectivity index (χ1v) is 7.77. The van der Waals surface area contributed by atoms with E-state index in [2.05, 4.69) is 14.9 Å². The van der Waals surface area contributed by atoms with Gasteiger partial charge in [-0.3, -0.25) is 4.79 Å². The van der Waals surface area contributed by atoms with Crippen LogP contribution in [0.1, 0.15) is 30.1 Å². The molecule has 5 heteroatoms. The van der Waals surface area contributed by atoms with Gasteiger partial charge in [0.15, 0.2) is 0 Å². The molecule has 2 heterocycles. The summed E-state index contributed by atoms with van der Waals surface area (Å²) < 4.78 is 15.9. The normalized spacial score (nSPS) is 26.3. The largest absolute Gasteiger partial charge is 0.351 e. The van der Waals surface area contributed by atoms with Crippen LogP contribution >= 0.6 is 0 Å². The molecule has 1 aliphatic heterocycles. The predicted molar refractivity (Wildman–Crippen MR) is 79.7 cm³/mol. The molecule has 1 saturated carbocycles. The summed E-state index contributed by atoms with van der Waals surface area (Å²) in [6.07, 6.45) is 6.30. The van der Waals surface area contributed by atoms with Crippen LogP contribution < -0.4 is 5.32 Å². The fourth-order valence-electron chi connectivity index (χ4n) is 3.40. The highest BCUT2D eigenvalue weighted by Crippen LogP contribution is 2.48. The minimum absolute atomic E-state index is 0.0357. The van der Waals surface area contributed by atoms with Crippen molar-refractivity contribution in [3.8, 4) is 0 Å². The van der Waals surface area contributed by atoms with Crippen LogP contribution in [0.3, 0.4) is 0 Å². The van der Waals surface area contributed by atoms with Gasteiger partial charge < -0.3 is 9.88 Å². The van der Waals surface area contributed by atoms with Crippen LogP contribution in [-0.4, -0.2) is 21.5 Å². The third kappa shape index (κ3) is 2.40. The second-order valence-electron chi connectivity index (χ2n) is 6.21. The lowest BCUT2D eigenvalue weighted by atomic mass is 10.1. The number of aromatic nitrogens is 2. The number of halogens is 1. The summed E-state index contributed by atoms with van der Waals surface area (Å²) in [5, 5.41) is 3.12. The molecule has 1 fully saturated rings. The number of fused-ring (bicyclic) bond motifs is 1. The molecule has 0 radical (unpaired) electrons. The molecular weight excluding hydrogens is 281 g/mol. The molecule has 2 aromatic rings. The standard InChI is InChI=1S/C17H18FN3O/c18-15-4-2-1-3-12(15)13-9-14(13)17(22)20-11-5-6-16-19-7-8-21(16)10-11/h1-4,7-8,11,13-14H,5-6,9-10H2,(H,20,22)/t11-,13-,14+/m1/s1. The van der Waals surface area contributed by atoms with E-state index in [4.69, 9.17) is 0 Å². The second-order valence-corrected chi connectivity index (χ2v) is 6.21. The monoisotopic (exact) mass is 299 g/mol. The molecule has 1 aromatic heterocycles. The SMILES string of the molecule is O=C(N[C@@H]1CCc2nccn2C1)[C@H]1C[C@@H]1c1ccccc1F. The van der Waals surface area contributed by atoms with Gasteiger partial charge in [0, 0.05) is 37.3 Å². The maximum absolute atomic E-state index is 13.8. The van der Waals surface area contributed by atoms with Gasteiger partial charge in [-0.2, -0.15) is 0 Å².